The van der Waals surface area contributed by atoms with Gasteiger partial charge >= 0.3 is 5.97 Å². The van der Waals surface area contributed by atoms with Crippen LogP contribution in [-0.4, -0.2) is 123 Å². The van der Waals surface area contributed by atoms with Gasteiger partial charge < -0.3 is 28.6 Å². The molecule has 1 unspecified atom stereocenters. The molecule has 3 amide bonds. The van der Waals surface area contributed by atoms with E-state index in [1.54, 1.807) is 31.2 Å². The number of nitrogens with zero attached hydrogens (tertiary/aromatic N) is 6. The number of carbonyl (C=O) groups excluding carboxylic acids is 5. The van der Waals surface area contributed by atoms with Crippen LogP contribution >= 0.6 is 11.6 Å². The van der Waals surface area contributed by atoms with E-state index < -0.39 is 23.7 Å². The van der Waals surface area contributed by atoms with Crippen LogP contribution in [0.25, 0.3) is 32.8 Å². The fourth-order valence-electron chi connectivity index (χ4n) is 9.89. The van der Waals surface area contributed by atoms with Crippen molar-refractivity contribution in [3.05, 3.63) is 111 Å². The number of piperidine rings is 1. The highest BCUT2D eigenvalue weighted by molar-refractivity contribution is 6.35. The number of carbonyl (C=O) groups is 5. The van der Waals surface area contributed by atoms with Crippen molar-refractivity contribution in [2.45, 2.75) is 112 Å². The van der Waals surface area contributed by atoms with Gasteiger partial charge in [0.25, 0.3) is 5.91 Å². The number of halogens is 2. The van der Waals surface area contributed by atoms with Gasteiger partial charge in [-0.25, -0.2) is 9.18 Å². The van der Waals surface area contributed by atoms with Crippen molar-refractivity contribution in [3.63, 3.8) is 0 Å². The second-order valence-electron chi connectivity index (χ2n) is 19.8. The molecule has 3 aliphatic heterocycles. The Bertz CT molecular complexity index is 3060. The zero-order chi connectivity index (χ0) is 53.6. The van der Waals surface area contributed by atoms with Crippen molar-refractivity contribution in [1.29, 1.82) is 0 Å². The lowest BCUT2D eigenvalue weighted by molar-refractivity contribution is -0.137. The predicted octanol–water partition coefficient (Wildman–Crippen LogP) is 9.26. The minimum atomic E-state index is -0.680. The molecule has 0 aliphatic carbocycles. The molecule has 0 radical (unpaired) electrons. The molecule has 4 aromatic carbocycles. The first-order chi connectivity index (χ1) is 35.3. The lowest BCUT2D eigenvalue weighted by atomic mass is 9.98. The smallest absolute Gasteiger partial charge is 0.355 e. The van der Waals surface area contributed by atoms with Crippen LogP contribution in [0.2, 0.25) is 5.02 Å². The molecular formula is C57H69ClFN7O8. The molecule has 2 fully saturated rings. The largest absolute Gasteiger partial charge is 0.493 e. The zero-order valence-corrected chi connectivity index (χ0v) is 45.0. The molecule has 2 atom stereocenters. The first-order valence-electron chi connectivity index (χ1n) is 25.5. The van der Waals surface area contributed by atoms with Gasteiger partial charge in [-0.2, -0.15) is 5.10 Å². The van der Waals surface area contributed by atoms with Crippen molar-refractivity contribution < 1.29 is 42.6 Å². The summed E-state index contributed by atoms with van der Waals surface area (Å²) in [5.41, 5.74) is 6.60. The third-order valence-corrected chi connectivity index (χ3v) is 13.9. The first kappa shape index (κ1) is 55.1. The standard InChI is InChI=1S/C39H47ClFN5O3.C16H16N2O5.C2H6/c1-25-34(26(2)44(7)42-25)35-32(40)16-15-31-30(11-9-23-48-33-12-8-10-27-24-28(41)13-14-29(27)33)37(38(47)49-39(3,4)5)46(36(31)35)22-21-45-19-17-43(6)18-20-45;1-9(8-19)23-13-4-2-3-10-11(13)7-18(16(10)22)12-5-6-14(20)17-15(12)21;1-2/h8,10,12-16,24H,9,11,17-23H2,1-7H3;2-4,8-9,12H,5-7H2,1H3,(H,17,20,21);1-2H3/t;9-,12?;/m.0./s1. The summed E-state index contributed by atoms with van der Waals surface area (Å²) in [5.74, 6) is -0.499. The van der Waals surface area contributed by atoms with Crippen LogP contribution < -0.4 is 14.8 Å². The highest BCUT2D eigenvalue weighted by atomic mass is 35.5. The molecule has 9 rings (SSSR count). The van der Waals surface area contributed by atoms with Gasteiger partial charge in [0.05, 0.1) is 29.4 Å². The van der Waals surface area contributed by atoms with Crippen LogP contribution in [0.3, 0.4) is 0 Å². The van der Waals surface area contributed by atoms with Crippen LogP contribution in [-0.2, 0) is 45.7 Å². The monoisotopic (exact) mass is 1030 g/mol. The van der Waals surface area contributed by atoms with Gasteiger partial charge in [-0.1, -0.05) is 49.7 Å². The third-order valence-electron chi connectivity index (χ3n) is 13.5. The minimum Gasteiger partial charge on any atom is -0.493 e. The summed E-state index contributed by atoms with van der Waals surface area (Å²) in [6.45, 7) is 21.3. The normalized spacial score (nSPS) is 16.5. The van der Waals surface area contributed by atoms with E-state index in [2.05, 4.69) is 33.7 Å². The number of aldehydes is 1. The quantitative estimate of drug-likeness (QED) is 0.0480. The minimum absolute atomic E-state index is 0.210. The average Bonchev–Trinajstić information content (AvgIpc) is 3.96. The molecule has 0 spiro atoms. The van der Waals surface area contributed by atoms with Crippen molar-refractivity contribution in [2.24, 2.45) is 7.05 Å². The van der Waals surface area contributed by atoms with Gasteiger partial charge in [-0.05, 0) is 121 Å². The molecular weight excluding hydrogens is 965 g/mol. The summed E-state index contributed by atoms with van der Waals surface area (Å²) in [6.07, 6.45) is 1.80. The van der Waals surface area contributed by atoms with Gasteiger partial charge in [-0.3, -0.25) is 34.1 Å². The summed E-state index contributed by atoms with van der Waals surface area (Å²) in [5, 5.41) is 10.2. The predicted molar refractivity (Wildman–Crippen MR) is 285 cm³/mol. The number of piperazine rings is 1. The lowest BCUT2D eigenvalue weighted by Crippen LogP contribution is -2.52. The maximum atomic E-state index is 14.3. The number of hydrogen-bond donors (Lipinski definition) is 1. The number of rotatable bonds is 14. The van der Waals surface area contributed by atoms with Gasteiger partial charge in [0.1, 0.15) is 34.7 Å². The van der Waals surface area contributed by atoms with E-state index in [0.29, 0.717) is 72.0 Å². The van der Waals surface area contributed by atoms with Gasteiger partial charge in [-0.15, -0.1) is 0 Å². The van der Waals surface area contributed by atoms with Gasteiger partial charge in [0, 0.05) is 91.5 Å². The van der Waals surface area contributed by atoms with Crippen molar-refractivity contribution in [1.82, 2.24) is 34.4 Å². The molecule has 2 saturated heterocycles. The van der Waals surface area contributed by atoms with Gasteiger partial charge in [0.15, 0.2) is 12.4 Å². The van der Waals surface area contributed by atoms with Crippen LogP contribution in [0, 0.1) is 19.7 Å². The number of likely N-dealkylation sites (N-methyl/N-ethyl adjacent to an activating group) is 1. The maximum absolute atomic E-state index is 14.3. The van der Waals surface area contributed by atoms with E-state index in [1.807, 2.05) is 83.6 Å². The number of ether oxygens (including phenoxy) is 3. The van der Waals surface area contributed by atoms with E-state index in [4.69, 9.17) is 30.9 Å². The number of nitrogens with one attached hydrogen (secondary N) is 1. The average molecular weight is 1030 g/mol. The Balaban J connectivity index is 0.000000266. The number of imide groups is 1. The highest BCUT2D eigenvalue weighted by Gasteiger charge is 2.40. The van der Waals surface area contributed by atoms with Crippen molar-refractivity contribution in [2.75, 3.05) is 46.4 Å². The molecule has 0 saturated carbocycles. The number of hydrogen-bond acceptors (Lipinski definition) is 11. The molecule has 6 aromatic rings. The van der Waals surface area contributed by atoms with E-state index in [0.717, 1.165) is 82.5 Å². The number of aromatic nitrogens is 3. The topological polar surface area (TPSA) is 158 Å². The molecule has 2 aromatic heterocycles. The molecule has 17 heteroatoms. The van der Waals surface area contributed by atoms with E-state index in [1.165, 1.54) is 17.0 Å². The number of benzene rings is 4. The Kier molecular flexibility index (Phi) is 17.7. The van der Waals surface area contributed by atoms with E-state index in [-0.39, 0.29) is 36.6 Å². The third kappa shape index (κ3) is 12.1. The summed E-state index contributed by atoms with van der Waals surface area (Å²) in [6, 6.07) is 18.7. The second-order valence-corrected chi connectivity index (χ2v) is 20.2. The van der Waals surface area contributed by atoms with Crippen LogP contribution in [0.1, 0.15) is 104 Å². The second kappa shape index (κ2) is 23.7. The van der Waals surface area contributed by atoms with E-state index >= 15 is 0 Å². The number of amides is 3. The molecule has 15 nitrogen and oxygen atoms in total. The van der Waals surface area contributed by atoms with Crippen LogP contribution in [0.5, 0.6) is 11.5 Å². The SMILES string of the molecule is CC.C[C@@H](C=O)Oc1cccc2c1CN(C1CCC(=O)NC1=O)C2=O.Cc1nn(C)c(C)c1-c1c(Cl)ccc2c(CCCOc3cccc4cc(F)ccc34)c(C(=O)OC(C)(C)C)n(CCN3CCN(C)CC3)c12. The summed E-state index contributed by atoms with van der Waals surface area (Å²) in [7, 11) is 4.09. The fraction of sp³-hybridized carbons (Fsp3) is 0.439. The lowest BCUT2D eigenvalue weighted by Gasteiger charge is -2.32. The Labute approximate surface area is 437 Å². The molecule has 1 N–H and O–H groups in total. The highest BCUT2D eigenvalue weighted by Crippen LogP contribution is 2.43. The Morgan fingerprint density at radius 2 is 1.64 bits per heavy atom. The van der Waals surface area contributed by atoms with Crippen molar-refractivity contribution in [3.8, 4) is 22.6 Å². The number of esters is 1. The number of fused-ring (bicyclic) bond motifs is 3. The molecule has 394 valence electrons. The first-order valence-corrected chi connectivity index (χ1v) is 25.9. The number of aryl methyl sites for hydroxylation is 3. The Morgan fingerprint density at radius 3 is 2.31 bits per heavy atom. The molecule has 0 bridgehead atoms. The summed E-state index contributed by atoms with van der Waals surface area (Å²) < 4.78 is 35.8. The van der Waals surface area contributed by atoms with E-state index in [9.17, 15) is 28.4 Å². The Hall–Kier alpha value is -6.62. The summed E-state index contributed by atoms with van der Waals surface area (Å²) >= 11 is 7.10. The molecule has 74 heavy (non-hydrogen) atoms. The van der Waals surface area contributed by atoms with Crippen LogP contribution in [0.15, 0.2) is 66.7 Å². The Morgan fingerprint density at radius 1 is 0.932 bits per heavy atom. The summed E-state index contributed by atoms with van der Waals surface area (Å²) in [4.78, 5) is 67.1. The zero-order valence-electron chi connectivity index (χ0n) is 44.3. The molecule has 5 heterocycles. The fourth-order valence-corrected chi connectivity index (χ4v) is 10.1. The van der Waals surface area contributed by atoms with Gasteiger partial charge in [0.2, 0.25) is 11.8 Å². The van der Waals surface area contributed by atoms with Crippen molar-refractivity contribution >= 4 is 63.3 Å². The van der Waals surface area contributed by atoms with Crippen LogP contribution in [0.4, 0.5) is 4.39 Å². The maximum Gasteiger partial charge on any atom is 0.355 e. The molecule has 3 aliphatic rings.